The van der Waals surface area contributed by atoms with Crippen molar-refractivity contribution in [3.8, 4) is 0 Å². The molecule has 1 fully saturated rings. The molecular formula is C26H29F2N3O3. The van der Waals surface area contributed by atoms with Crippen molar-refractivity contribution < 1.29 is 23.1 Å². The van der Waals surface area contributed by atoms with Gasteiger partial charge in [0.2, 0.25) is 0 Å². The van der Waals surface area contributed by atoms with E-state index in [2.05, 4.69) is 39.8 Å². The zero-order valence-electron chi connectivity index (χ0n) is 19.2. The Morgan fingerprint density at radius 2 is 1.82 bits per heavy atom. The summed E-state index contributed by atoms with van der Waals surface area (Å²) in [5.74, 6) is -2.06. The highest BCUT2D eigenvalue weighted by Gasteiger charge is 2.35. The Hall–Kier alpha value is -3.26. The Labute approximate surface area is 198 Å². The number of hydrogen-bond donors (Lipinski definition) is 2. The average molecular weight is 470 g/mol. The molecule has 0 saturated carbocycles. The summed E-state index contributed by atoms with van der Waals surface area (Å²) in [5, 5.41) is 5.40. The van der Waals surface area contributed by atoms with Crippen LogP contribution in [0.3, 0.4) is 0 Å². The fourth-order valence-electron chi connectivity index (χ4n) is 4.65. The topological polar surface area (TPSA) is 70.7 Å². The van der Waals surface area contributed by atoms with E-state index in [0.29, 0.717) is 18.2 Å². The van der Waals surface area contributed by atoms with Crippen LogP contribution in [-0.4, -0.2) is 43.1 Å². The van der Waals surface area contributed by atoms with Gasteiger partial charge < -0.3 is 15.4 Å². The first-order valence-corrected chi connectivity index (χ1v) is 11.6. The van der Waals surface area contributed by atoms with E-state index in [4.69, 9.17) is 4.74 Å². The minimum atomic E-state index is -1.05. The number of likely N-dealkylation sites (tertiary alicyclic amines) is 1. The lowest BCUT2D eigenvalue weighted by molar-refractivity contribution is -0.139. The van der Waals surface area contributed by atoms with Crippen LogP contribution in [0.15, 0.2) is 59.8 Å². The van der Waals surface area contributed by atoms with E-state index >= 15 is 0 Å². The normalized spacial score (nSPS) is 19.5. The smallest absolute Gasteiger partial charge is 0.338 e. The van der Waals surface area contributed by atoms with E-state index in [1.54, 1.807) is 6.92 Å². The number of rotatable bonds is 7. The number of carbonyl (C=O) groups is 2. The zero-order valence-corrected chi connectivity index (χ0v) is 19.2. The molecular weight excluding hydrogens is 440 g/mol. The van der Waals surface area contributed by atoms with Gasteiger partial charge in [-0.2, -0.15) is 0 Å². The third-order valence-electron chi connectivity index (χ3n) is 6.38. The van der Waals surface area contributed by atoms with Crippen LogP contribution in [0.5, 0.6) is 0 Å². The first kappa shape index (κ1) is 23.9. The molecule has 0 aliphatic carbocycles. The largest absolute Gasteiger partial charge is 0.463 e. The Kier molecular flexibility index (Phi) is 7.57. The predicted molar refractivity (Wildman–Crippen MR) is 124 cm³/mol. The number of nitrogens with one attached hydrogen (secondary N) is 2. The lowest BCUT2D eigenvalue weighted by Gasteiger charge is -2.35. The molecule has 1 atom stereocenters. The van der Waals surface area contributed by atoms with Crippen LogP contribution in [-0.2, 0) is 16.0 Å². The van der Waals surface area contributed by atoms with E-state index in [0.717, 1.165) is 44.5 Å². The molecule has 8 heteroatoms. The molecule has 4 rings (SSSR count). The molecule has 2 N–H and O–H groups in total. The third kappa shape index (κ3) is 5.62. The van der Waals surface area contributed by atoms with Crippen LogP contribution in [0.2, 0.25) is 0 Å². The monoisotopic (exact) mass is 469 g/mol. The lowest BCUT2D eigenvalue weighted by Crippen LogP contribution is -2.49. The maximum absolute atomic E-state index is 13.9. The SMILES string of the molecule is CCOC(=O)C1=C(CN2CCC(Cc3ccccc3)CC2)NC(=O)NC1c1ccc(F)c(F)c1. The van der Waals surface area contributed by atoms with Crippen molar-refractivity contribution >= 4 is 12.0 Å². The van der Waals surface area contributed by atoms with Crippen LogP contribution >= 0.6 is 0 Å². The number of nitrogens with zero attached hydrogens (tertiary/aromatic N) is 1. The van der Waals surface area contributed by atoms with Gasteiger partial charge in [0.15, 0.2) is 11.6 Å². The summed E-state index contributed by atoms with van der Waals surface area (Å²) < 4.78 is 32.7. The molecule has 2 amide bonds. The summed E-state index contributed by atoms with van der Waals surface area (Å²) in [4.78, 5) is 27.5. The third-order valence-corrected chi connectivity index (χ3v) is 6.38. The van der Waals surface area contributed by atoms with Gasteiger partial charge >= 0.3 is 12.0 Å². The van der Waals surface area contributed by atoms with E-state index in [-0.39, 0.29) is 17.7 Å². The maximum Gasteiger partial charge on any atom is 0.338 e. The van der Waals surface area contributed by atoms with Crippen molar-refractivity contribution in [2.45, 2.75) is 32.2 Å². The van der Waals surface area contributed by atoms with Gasteiger partial charge in [0, 0.05) is 12.2 Å². The minimum absolute atomic E-state index is 0.152. The van der Waals surface area contributed by atoms with Gasteiger partial charge in [-0.3, -0.25) is 4.90 Å². The summed E-state index contributed by atoms with van der Waals surface area (Å²) in [6.07, 6.45) is 3.05. The molecule has 1 saturated heterocycles. The maximum atomic E-state index is 13.9. The molecule has 0 radical (unpaired) electrons. The zero-order chi connectivity index (χ0) is 24.1. The Morgan fingerprint density at radius 3 is 2.50 bits per heavy atom. The number of hydrogen-bond acceptors (Lipinski definition) is 4. The highest BCUT2D eigenvalue weighted by atomic mass is 19.2. The Bertz CT molecular complexity index is 1070. The molecule has 2 aliphatic heterocycles. The molecule has 6 nitrogen and oxygen atoms in total. The van der Waals surface area contributed by atoms with E-state index < -0.39 is 29.7 Å². The van der Waals surface area contributed by atoms with Crippen molar-refractivity contribution in [2.75, 3.05) is 26.2 Å². The van der Waals surface area contributed by atoms with Crippen LogP contribution < -0.4 is 10.6 Å². The number of carbonyl (C=O) groups excluding carboxylic acids is 2. The van der Waals surface area contributed by atoms with Gasteiger partial charge in [-0.15, -0.1) is 0 Å². The molecule has 0 aromatic heterocycles. The molecule has 0 spiro atoms. The predicted octanol–water partition coefficient (Wildman–Crippen LogP) is 4.09. The summed E-state index contributed by atoms with van der Waals surface area (Å²) in [6, 6.07) is 12.3. The van der Waals surface area contributed by atoms with Crippen molar-refractivity contribution in [1.82, 2.24) is 15.5 Å². The van der Waals surface area contributed by atoms with Crippen LogP contribution in [0.1, 0.15) is 36.9 Å². The summed E-state index contributed by atoms with van der Waals surface area (Å²) in [6.45, 7) is 3.86. The fourth-order valence-corrected chi connectivity index (χ4v) is 4.65. The summed E-state index contributed by atoms with van der Waals surface area (Å²) >= 11 is 0. The first-order valence-electron chi connectivity index (χ1n) is 11.6. The molecule has 2 aromatic carbocycles. The van der Waals surface area contributed by atoms with E-state index in [1.165, 1.54) is 11.6 Å². The van der Waals surface area contributed by atoms with Gasteiger partial charge in [-0.05, 0) is 68.5 Å². The van der Waals surface area contributed by atoms with Gasteiger partial charge in [-0.25, -0.2) is 18.4 Å². The van der Waals surface area contributed by atoms with Gasteiger partial charge in [0.1, 0.15) is 0 Å². The van der Waals surface area contributed by atoms with Crippen molar-refractivity contribution in [1.29, 1.82) is 0 Å². The number of esters is 1. The minimum Gasteiger partial charge on any atom is -0.463 e. The first-order chi connectivity index (χ1) is 16.4. The summed E-state index contributed by atoms with van der Waals surface area (Å²) in [7, 11) is 0. The molecule has 2 heterocycles. The number of urea groups is 1. The van der Waals surface area contributed by atoms with Crippen molar-refractivity contribution in [3.05, 3.63) is 82.6 Å². The van der Waals surface area contributed by atoms with Crippen molar-refractivity contribution in [3.63, 3.8) is 0 Å². The van der Waals surface area contributed by atoms with E-state index in [1.807, 2.05) is 6.07 Å². The number of benzene rings is 2. The second-order valence-corrected chi connectivity index (χ2v) is 8.73. The van der Waals surface area contributed by atoms with Crippen LogP contribution in [0.25, 0.3) is 0 Å². The van der Waals surface area contributed by atoms with Crippen LogP contribution in [0, 0.1) is 17.6 Å². The lowest BCUT2D eigenvalue weighted by atomic mass is 9.89. The number of piperidine rings is 1. The Balaban J connectivity index is 1.53. The highest BCUT2D eigenvalue weighted by molar-refractivity contribution is 5.95. The number of ether oxygens (including phenoxy) is 1. The quantitative estimate of drug-likeness (QED) is 0.600. The standard InChI is InChI=1S/C26H29F2N3O3/c1-2-34-25(32)23-22(29-26(33)30-24(23)19-8-9-20(27)21(28)15-19)16-31-12-10-18(11-13-31)14-17-6-4-3-5-7-17/h3-9,15,18,24H,2,10-14,16H2,1H3,(H2,29,30,33). The summed E-state index contributed by atoms with van der Waals surface area (Å²) in [5.41, 5.74) is 2.24. The van der Waals surface area contributed by atoms with Crippen LogP contribution in [0.4, 0.5) is 13.6 Å². The second-order valence-electron chi connectivity index (χ2n) is 8.73. The highest BCUT2D eigenvalue weighted by Crippen LogP contribution is 2.30. The average Bonchev–Trinajstić information content (AvgIpc) is 2.82. The second kappa shape index (κ2) is 10.8. The molecule has 0 bridgehead atoms. The molecule has 180 valence electrons. The number of amides is 2. The molecule has 2 aromatic rings. The van der Waals surface area contributed by atoms with Gasteiger partial charge in [0.25, 0.3) is 0 Å². The molecule has 34 heavy (non-hydrogen) atoms. The van der Waals surface area contributed by atoms with Gasteiger partial charge in [0.05, 0.1) is 18.2 Å². The number of halogens is 2. The van der Waals surface area contributed by atoms with Crippen molar-refractivity contribution in [2.24, 2.45) is 5.92 Å². The van der Waals surface area contributed by atoms with E-state index in [9.17, 15) is 18.4 Å². The molecule has 1 unspecified atom stereocenters. The molecule has 2 aliphatic rings. The fraction of sp³-hybridized carbons (Fsp3) is 0.385. The Morgan fingerprint density at radius 1 is 1.09 bits per heavy atom. The van der Waals surface area contributed by atoms with Gasteiger partial charge in [-0.1, -0.05) is 36.4 Å².